The molecule has 2 aromatic rings. The summed E-state index contributed by atoms with van der Waals surface area (Å²) in [5, 5.41) is 2.13. The van der Waals surface area contributed by atoms with Crippen molar-refractivity contribution in [2.75, 3.05) is 26.3 Å². The van der Waals surface area contributed by atoms with Gasteiger partial charge in [0.15, 0.2) is 11.5 Å². The van der Waals surface area contributed by atoms with E-state index >= 15 is 0 Å². The lowest BCUT2D eigenvalue weighted by atomic mass is 9.81. The quantitative estimate of drug-likeness (QED) is 0.925. The molecule has 4 rings (SSSR count). The molecule has 1 saturated heterocycles. The van der Waals surface area contributed by atoms with Crippen molar-refractivity contribution < 1.29 is 36.4 Å². The lowest BCUT2D eigenvalue weighted by molar-refractivity contribution is 0.173. The minimum absolute atomic E-state index is 0.0441. The Labute approximate surface area is 158 Å². The molecule has 1 fully saturated rings. The molecule has 5 heteroatoms. The molecule has 2 aromatic carbocycles. The van der Waals surface area contributed by atoms with Crippen LogP contribution in [0.25, 0.3) is 0 Å². The predicted octanol–water partition coefficient (Wildman–Crippen LogP) is 3.33. The predicted molar refractivity (Wildman–Crippen MR) is 88.2 cm³/mol. The highest BCUT2D eigenvalue weighted by molar-refractivity contribution is 5.46. The Morgan fingerprint density at radius 1 is 1.33 bits per heavy atom. The van der Waals surface area contributed by atoms with E-state index < -0.39 is 80.1 Å². The van der Waals surface area contributed by atoms with E-state index in [1.54, 1.807) is 0 Å². The van der Waals surface area contributed by atoms with Gasteiger partial charge in [0.05, 0.1) is 14.8 Å². The van der Waals surface area contributed by atoms with Crippen molar-refractivity contribution in [2.24, 2.45) is 5.89 Å². The molecular formula is C19H20FNO3. The first-order valence-electron chi connectivity index (χ1n) is 13.5. The van der Waals surface area contributed by atoms with Gasteiger partial charge in [-0.3, -0.25) is 0 Å². The van der Waals surface area contributed by atoms with E-state index in [1.807, 2.05) is 0 Å². The van der Waals surface area contributed by atoms with Crippen LogP contribution in [0.3, 0.4) is 0 Å². The third kappa shape index (κ3) is 3.17. The van der Waals surface area contributed by atoms with Crippen LogP contribution in [0.5, 0.6) is 17.2 Å². The molecule has 0 radical (unpaired) electrons. The number of benzene rings is 2. The number of nitrogens with one attached hydrogen (secondary N) is 1. The fourth-order valence-corrected chi connectivity index (χ4v) is 2.19. The average molecular weight is 342 g/mol. The molecule has 1 N–H and O–H groups in total. The van der Waals surface area contributed by atoms with E-state index in [-0.39, 0.29) is 17.2 Å². The summed E-state index contributed by atoms with van der Waals surface area (Å²) < 4.78 is 136. The van der Waals surface area contributed by atoms with E-state index in [1.165, 1.54) is 6.07 Å². The molecule has 4 nitrogen and oxygen atoms in total. The van der Waals surface area contributed by atoms with Gasteiger partial charge in [-0.2, -0.15) is 0 Å². The molecule has 0 aliphatic carbocycles. The number of fused-ring (bicyclic) bond motifs is 1. The molecule has 0 aromatic heterocycles. The van der Waals surface area contributed by atoms with Gasteiger partial charge < -0.3 is 19.5 Å². The van der Waals surface area contributed by atoms with Gasteiger partial charge in [0.25, 0.3) is 0 Å². The molecule has 2 atom stereocenters. The third-order valence-electron chi connectivity index (χ3n) is 3.31. The second kappa shape index (κ2) is 6.69. The Bertz CT molecular complexity index is 1250. The van der Waals surface area contributed by atoms with Crippen molar-refractivity contribution in [1.29, 1.82) is 0 Å². The van der Waals surface area contributed by atoms with E-state index in [9.17, 15) is 4.39 Å². The molecule has 0 saturated carbocycles. The normalized spacial score (nSPS) is 40.2. The van der Waals surface area contributed by atoms with E-state index in [2.05, 4.69) is 5.32 Å². The first-order chi connectivity index (χ1) is 16.8. The van der Waals surface area contributed by atoms with Crippen molar-refractivity contribution in [3.05, 3.63) is 53.7 Å². The van der Waals surface area contributed by atoms with Crippen LogP contribution in [-0.4, -0.2) is 26.3 Å². The number of rotatable bonds is 4. The number of ether oxygens (including phenoxy) is 3. The summed E-state index contributed by atoms with van der Waals surface area (Å²) in [6, 6.07) is -1.21. The van der Waals surface area contributed by atoms with Gasteiger partial charge in [0.1, 0.15) is 14.3 Å². The Balaban J connectivity index is 1.89. The van der Waals surface area contributed by atoms with Gasteiger partial charge in [-0.1, -0.05) is 12.1 Å². The molecule has 2 aliphatic rings. The molecule has 2 aliphatic heterocycles. The number of hydrogen-bond acceptors (Lipinski definition) is 4. The molecule has 0 amide bonds. The van der Waals surface area contributed by atoms with E-state index in [4.69, 9.17) is 32.0 Å². The first kappa shape index (κ1) is 6.56. The Kier molecular flexibility index (Phi) is 1.83. The van der Waals surface area contributed by atoms with Gasteiger partial charge in [-0.05, 0) is 48.6 Å². The Hall–Kier alpha value is -2.27. The summed E-state index contributed by atoms with van der Waals surface area (Å²) in [5.41, 5.74) is -0.881. The standard InChI is InChI=1S/C19H20FNO3/c20-15-3-1-13(2-4-15)17-7-8-21-10-14(17)11-22-16-5-6-18-19(9-16)24-12-23-18/h1-6,9,14,17,21H,7-8,10-12H2/t14-,17?/m1/s1/i1D,2D,3D,4D,7D2,10D2,11D2,12D2,14D. The minimum atomic E-state index is -3.45. The molecule has 1 unspecified atom stereocenters. The highest BCUT2D eigenvalue weighted by Gasteiger charge is 2.27. The highest BCUT2D eigenvalue weighted by atomic mass is 19.1. The molecule has 24 heavy (non-hydrogen) atoms. The second-order valence-electron chi connectivity index (χ2n) is 4.86. The second-order valence-corrected chi connectivity index (χ2v) is 4.86. The number of hydrogen-bond donors (Lipinski definition) is 1. The van der Waals surface area contributed by atoms with Crippen LogP contribution in [0.2, 0.25) is 0 Å². The summed E-state index contributed by atoms with van der Waals surface area (Å²) in [4.78, 5) is 0. The molecule has 0 bridgehead atoms. The van der Waals surface area contributed by atoms with Crippen LogP contribution in [0.15, 0.2) is 42.4 Å². The maximum atomic E-state index is 14.2. The Morgan fingerprint density at radius 2 is 2.17 bits per heavy atom. The fraction of sp³-hybridized carbons (Fsp3) is 0.368. The van der Waals surface area contributed by atoms with Gasteiger partial charge >= 0.3 is 0 Å². The van der Waals surface area contributed by atoms with Gasteiger partial charge in [-0.25, -0.2) is 4.39 Å². The topological polar surface area (TPSA) is 39.7 Å². The van der Waals surface area contributed by atoms with E-state index in [0.29, 0.717) is 0 Å². The van der Waals surface area contributed by atoms with Gasteiger partial charge in [-0.15, -0.1) is 0 Å². The van der Waals surface area contributed by atoms with Crippen molar-refractivity contribution in [2.45, 2.75) is 12.3 Å². The zero-order valence-electron chi connectivity index (χ0n) is 25.1. The molecule has 126 valence electrons. The summed E-state index contributed by atoms with van der Waals surface area (Å²) in [6.45, 7) is -9.86. The number of halogens is 1. The summed E-state index contributed by atoms with van der Waals surface area (Å²) in [6.07, 6.45) is -2.74. The van der Waals surface area contributed by atoms with E-state index in [0.717, 1.165) is 12.1 Å². The van der Waals surface area contributed by atoms with Crippen LogP contribution < -0.4 is 19.5 Å². The lowest BCUT2D eigenvalue weighted by Crippen LogP contribution is -2.38. The molecule has 2 heterocycles. The zero-order valence-corrected chi connectivity index (χ0v) is 12.1. The van der Waals surface area contributed by atoms with Gasteiger partial charge in [0, 0.05) is 25.3 Å². The Morgan fingerprint density at radius 3 is 3.04 bits per heavy atom. The van der Waals surface area contributed by atoms with Crippen LogP contribution in [0.1, 0.15) is 35.7 Å². The lowest BCUT2D eigenvalue weighted by Gasteiger charge is -2.32. The van der Waals surface area contributed by atoms with Crippen LogP contribution >= 0.6 is 0 Å². The highest BCUT2D eigenvalue weighted by Crippen LogP contribution is 2.36. The SMILES string of the molecule is [2H]c1c([2H])c(C2C([2H])([2H])CNC([2H])([2H])[C@]2([2H])C([2H])([2H])Oc2ccc3c(c2)OC([2H])([2H])O3)c([2H])c([2H])c1F. The summed E-state index contributed by atoms with van der Waals surface area (Å²) in [5.74, 6) is -7.82. The third-order valence-corrected chi connectivity index (χ3v) is 3.31. The van der Waals surface area contributed by atoms with Crippen molar-refractivity contribution in [3.63, 3.8) is 0 Å². The van der Waals surface area contributed by atoms with Gasteiger partial charge in [0.2, 0.25) is 6.75 Å². The average Bonchev–Trinajstić information content (AvgIpc) is 3.09. The zero-order chi connectivity index (χ0) is 27.9. The largest absolute Gasteiger partial charge is 0.493 e. The smallest absolute Gasteiger partial charge is 0.231 e. The first-order valence-corrected chi connectivity index (χ1v) is 6.97. The molecule has 0 spiro atoms. The maximum absolute atomic E-state index is 14.2. The van der Waals surface area contributed by atoms with Crippen LogP contribution in [0, 0.1) is 11.7 Å². The maximum Gasteiger partial charge on any atom is 0.231 e. The van der Waals surface area contributed by atoms with Crippen LogP contribution in [0.4, 0.5) is 4.39 Å². The molecular weight excluding hydrogens is 309 g/mol. The number of piperidine rings is 1. The summed E-state index contributed by atoms with van der Waals surface area (Å²) >= 11 is 0. The van der Waals surface area contributed by atoms with Crippen molar-refractivity contribution >= 4 is 0 Å². The summed E-state index contributed by atoms with van der Waals surface area (Å²) in [7, 11) is 0. The minimum Gasteiger partial charge on any atom is -0.493 e. The fourth-order valence-electron chi connectivity index (χ4n) is 2.19. The monoisotopic (exact) mass is 342 g/mol. The van der Waals surface area contributed by atoms with Crippen molar-refractivity contribution in [3.8, 4) is 17.2 Å². The van der Waals surface area contributed by atoms with Crippen LogP contribution in [-0.2, 0) is 0 Å². The van der Waals surface area contributed by atoms with Crippen molar-refractivity contribution in [1.82, 2.24) is 5.32 Å².